The third kappa shape index (κ3) is 5.95. The molecule has 8 heteroatoms. The fraction of sp³-hybridized carbons (Fsp3) is 0.588. The average Bonchev–Trinajstić information content (AvgIpc) is 3.12. The Bertz CT molecular complexity index is 654. The SMILES string of the molecule is CCNC(=NCc1c(CC)noc1CC)NCc1nc(C)c(C)s1.I. The van der Waals surface area contributed by atoms with Gasteiger partial charge in [0.25, 0.3) is 0 Å². The Morgan fingerprint density at radius 2 is 1.92 bits per heavy atom. The first kappa shape index (κ1) is 21.9. The Morgan fingerprint density at radius 1 is 1.16 bits per heavy atom. The van der Waals surface area contributed by atoms with Crippen LogP contribution in [0.25, 0.3) is 0 Å². The highest BCUT2D eigenvalue weighted by atomic mass is 127. The summed E-state index contributed by atoms with van der Waals surface area (Å²) in [7, 11) is 0. The minimum absolute atomic E-state index is 0. The van der Waals surface area contributed by atoms with E-state index < -0.39 is 0 Å². The Hall–Kier alpha value is -1.16. The van der Waals surface area contributed by atoms with Gasteiger partial charge in [0, 0.05) is 23.4 Å². The standard InChI is InChI=1S/C17H27N5OS.HI/c1-6-14-13(15(7-2)23-22-14)9-19-17(18-8-3)20-10-16-21-11(4)12(5)24-16;/h6-10H2,1-5H3,(H2,18,19,20);1H. The molecule has 2 heterocycles. The summed E-state index contributed by atoms with van der Waals surface area (Å²) < 4.78 is 5.40. The maximum absolute atomic E-state index is 5.40. The molecule has 6 nitrogen and oxygen atoms in total. The third-order valence-electron chi connectivity index (χ3n) is 3.83. The van der Waals surface area contributed by atoms with Gasteiger partial charge in [-0.2, -0.15) is 0 Å². The molecular formula is C17H28IN5OS. The van der Waals surface area contributed by atoms with Crippen LogP contribution >= 0.6 is 35.3 Å². The average molecular weight is 477 g/mol. The zero-order chi connectivity index (χ0) is 17.5. The molecule has 0 aromatic carbocycles. The van der Waals surface area contributed by atoms with E-state index >= 15 is 0 Å². The van der Waals surface area contributed by atoms with Crippen LogP contribution in [0.4, 0.5) is 0 Å². The molecule has 140 valence electrons. The summed E-state index contributed by atoms with van der Waals surface area (Å²) in [5, 5.41) is 11.8. The Balaban J connectivity index is 0.00000312. The summed E-state index contributed by atoms with van der Waals surface area (Å²) in [5.74, 6) is 1.71. The highest BCUT2D eigenvalue weighted by molar-refractivity contribution is 14.0. The van der Waals surface area contributed by atoms with Gasteiger partial charge >= 0.3 is 0 Å². The number of thiazole rings is 1. The van der Waals surface area contributed by atoms with Crippen molar-refractivity contribution in [2.45, 2.75) is 60.5 Å². The van der Waals surface area contributed by atoms with E-state index in [4.69, 9.17) is 4.52 Å². The first-order valence-electron chi connectivity index (χ1n) is 8.50. The highest BCUT2D eigenvalue weighted by Gasteiger charge is 2.13. The summed E-state index contributed by atoms with van der Waals surface area (Å²) >= 11 is 1.72. The van der Waals surface area contributed by atoms with Crippen LogP contribution in [0.5, 0.6) is 0 Å². The Morgan fingerprint density at radius 3 is 2.48 bits per heavy atom. The second-order valence-corrected chi connectivity index (χ2v) is 6.82. The number of rotatable bonds is 7. The summed E-state index contributed by atoms with van der Waals surface area (Å²) in [5.41, 5.74) is 3.21. The molecule has 2 aromatic rings. The van der Waals surface area contributed by atoms with Crippen molar-refractivity contribution in [1.82, 2.24) is 20.8 Å². The van der Waals surface area contributed by atoms with Gasteiger partial charge in [-0.3, -0.25) is 0 Å². The number of guanidine groups is 1. The molecule has 0 fully saturated rings. The van der Waals surface area contributed by atoms with E-state index in [1.165, 1.54) is 4.88 Å². The third-order valence-corrected chi connectivity index (χ3v) is 4.90. The summed E-state index contributed by atoms with van der Waals surface area (Å²) in [4.78, 5) is 10.5. The lowest BCUT2D eigenvalue weighted by atomic mass is 10.1. The van der Waals surface area contributed by atoms with Crippen LogP contribution in [0.1, 0.15) is 53.4 Å². The van der Waals surface area contributed by atoms with Crippen molar-refractivity contribution in [2.24, 2.45) is 4.99 Å². The van der Waals surface area contributed by atoms with Crippen molar-refractivity contribution in [3.63, 3.8) is 0 Å². The van der Waals surface area contributed by atoms with Crippen molar-refractivity contribution in [2.75, 3.05) is 6.54 Å². The summed E-state index contributed by atoms with van der Waals surface area (Å²) in [6.45, 7) is 12.4. The topological polar surface area (TPSA) is 75.3 Å². The lowest BCUT2D eigenvalue weighted by molar-refractivity contribution is 0.380. The number of nitrogens with zero attached hydrogens (tertiary/aromatic N) is 3. The van der Waals surface area contributed by atoms with Gasteiger partial charge in [-0.05, 0) is 27.2 Å². The minimum Gasteiger partial charge on any atom is -0.361 e. The molecule has 2 N–H and O–H groups in total. The Kier molecular flexibility index (Phi) is 9.41. The predicted molar refractivity (Wildman–Crippen MR) is 114 cm³/mol. The molecule has 0 unspecified atom stereocenters. The van der Waals surface area contributed by atoms with Crippen LogP contribution in [0.3, 0.4) is 0 Å². The van der Waals surface area contributed by atoms with Crippen molar-refractivity contribution in [1.29, 1.82) is 0 Å². The molecule has 2 rings (SSSR count). The molecule has 2 aromatic heterocycles. The fourth-order valence-corrected chi connectivity index (χ4v) is 3.26. The van der Waals surface area contributed by atoms with Crippen LogP contribution in [-0.2, 0) is 25.9 Å². The van der Waals surface area contributed by atoms with Crippen LogP contribution in [-0.4, -0.2) is 22.6 Å². The first-order chi connectivity index (χ1) is 11.6. The second kappa shape index (κ2) is 10.7. The maximum atomic E-state index is 5.40. The van der Waals surface area contributed by atoms with Gasteiger partial charge in [-0.25, -0.2) is 9.98 Å². The highest BCUT2D eigenvalue weighted by Crippen LogP contribution is 2.17. The van der Waals surface area contributed by atoms with Gasteiger partial charge in [-0.1, -0.05) is 19.0 Å². The zero-order valence-electron chi connectivity index (χ0n) is 15.6. The molecule has 0 aliphatic carbocycles. The van der Waals surface area contributed by atoms with Crippen molar-refractivity contribution >= 4 is 41.3 Å². The van der Waals surface area contributed by atoms with E-state index in [1.807, 2.05) is 6.92 Å². The van der Waals surface area contributed by atoms with Gasteiger partial charge in [-0.15, -0.1) is 35.3 Å². The number of aromatic nitrogens is 2. The minimum atomic E-state index is 0. The van der Waals surface area contributed by atoms with Gasteiger partial charge in [0.2, 0.25) is 0 Å². The van der Waals surface area contributed by atoms with E-state index in [9.17, 15) is 0 Å². The van der Waals surface area contributed by atoms with Crippen molar-refractivity contribution in [3.05, 3.63) is 32.6 Å². The predicted octanol–water partition coefficient (Wildman–Crippen LogP) is 3.75. The van der Waals surface area contributed by atoms with Crippen molar-refractivity contribution in [3.8, 4) is 0 Å². The molecule has 0 saturated heterocycles. The van der Waals surface area contributed by atoms with Gasteiger partial charge in [0.15, 0.2) is 5.96 Å². The lowest BCUT2D eigenvalue weighted by Crippen LogP contribution is -2.36. The van der Waals surface area contributed by atoms with Gasteiger partial charge < -0.3 is 15.2 Å². The van der Waals surface area contributed by atoms with Gasteiger partial charge in [0.05, 0.1) is 24.5 Å². The van der Waals surface area contributed by atoms with Gasteiger partial charge in [0.1, 0.15) is 10.8 Å². The molecule has 0 aliphatic rings. The Labute approximate surface area is 170 Å². The smallest absolute Gasteiger partial charge is 0.191 e. The summed E-state index contributed by atoms with van der Waals surface area (Å²) in [6, 6.07) is 0. The number of halogens is 1. The number of aryl methyl sites for hydroxylation is 4. The molecule has 0 radical (unpaired) electrons. The van der Waals surface area contributed by atoms with Crippen LogP contribution in [0.2, 0.25) is 0 Å². The van der Waals surface area contributed by atoms with E-state index in [1.54, 1.807) is 11.3 Å². The molecule has 25 heavy (non-hydrogen) atoms. The number of aliphatic imine (C=N–C) groups is 1. The molecule has 0 amide bonds. The quantitative estimate of drug-likeness (QED) is 0.361. The monoisotopic (exact) mass is 477 g/mol. The second-order valence-electron chi connectivity index (χ2n) is 5.54. The van der Waals surface area contributed by atoms with E-state index in [0.29, 0.717) is 13.1 Å². The zero-order valence-corrected chi connectivity index (χ0v) is 18.7. The number of hydrogen-bond donors (Lipinski definition) is 2. The van der Waals surface area contributed by atoms with Crippen molar-refractivity contribution < 1.29 is 4.52 Å². The normalized spacial score (nSPS) is 11.3. The first-order valence-corrected chi connectivity index (χ1v) is 9.31. The molecular weight excluding hydrogens is 449 g/mol. The molecule has 0 spiro atoms. The fourth-order valence-electron chi connectivity index (χ4n) is 2.39. The van der Waals surface area contributed by atoms with E-state index in [0.717, 1.165) is 53.1 Å². The van der Waals surface area contributed by atoms with Crippen LogP contribution in [0, 0.1) is 13.8 Å². The van der Waals surface area contributed by atoms with E-state index in [2.05, 4.69) is 53.5 Å². The van der Waals surface area contributed by atoms with E-state index in [-0.39, 0.29) is 24.0 Å². The number of nitrogens with one attached hydrogen (secondary N) is 2. The summed E-state index contributed by atoms with van der Waals surface area (Å²) in [6.07, 6.45) is 1.69. The lowest BCUT2D eigenvalue weighted by Gasteiger charge is -2.10. The molecule has 0 atom stereocenters. The molecule has 0 saturated carbocycles. The maximum Gasteiger partial charge on any atom is 0.191 e. The molecule has 0 bridgehead atoms. The largest absolute Gasteiger partial charge is 0.361 e. The number of hydrogen-bond acceptors (Lipinski definition) is 5. The van der Waals surface area contributed by atoms with Crippen LogP contribution in [0.15, 0.2) is 9.52 Å². The molecule has 0 aliphatic heterocycles. The van der Waals surface area contributed by atoms with Crippen LogP contribution < -0.4 is 10.6 Å².